The topological polar surface area (TPSA) is 46.3 Å². The molecule has 1 aliphatic heterocycles. The molecule has 4 heteroatoms. The average molecular weight is 275 g/mol. The first-order valence-corrected chi connectivity index (χ1v) is 7.20. The van der Waals surface area contributed by atoms with Gasteiger partial charge in [-0.25, -0.2) is 0 Å². The van der Waals surface area contributed by atoms with Crippen LogP contribution in [0.1, 0.15) is 51.9 Å². The molecule has 1 heterocycles. The van der Waals surface area contributed by atoms with E-state index >= 15 is 0 Å². The normalized spacial score (nSPS) is 26.1. The van der Waals surface area contributed by atoms with Crippen LogP contribution in [-0.4, -0.2) is 29.9 Å². The maximum absolute atomic E-state index is 12.1. The second-order valence-corrected chi connectivity index (χ2v) is 5.94. The minimum Gasteiger partial charge on any atom is -0.342 e. The highest BCUT2D eigenvalue weighted by Crippen LogP contribution is 2.29. The molecule has 3 nitrogen and oxygen atoms in total. The third-order valence-corrected chi connectivity index (χ3v) is 4.56. The van der Waals surface area contributed by atoms with Crippen molar-refractivity contribution in [3.63, 3.8) is 0 Å². The zero-order valence-electron chi connectivity index (χ0n) is 11.4. The van der Waals surface area contributed by atoms with Crippen LogP contribution in [0.15, 0.2) is 0 Å². The Hall–Kier alpha value is -0.280. The minimum atomic E-state index is 0. The Morgan fingerprint density at radius 1 is 1.33 bits per heavy atom. The third-order valence-electron chi connectivity index (χ3n) is 4.56. The maximum atomic E-state index is 12.1. The number of amides is 1. The smallest absolute Gasteiger partial charge is 0.222 e. The van der Waals surface area contributed by atoms with Crippen molar-refractivity contribution in [1.29, 1.82) is 0 Å². The lowest BCUT2D eigenvalue weighted by Gasteiger charge is -2.19. The molecule has 1 aliphatic carbocycles. The molecule has 0 bridgehead atoms. The Bertz CT molecular complexity index is 265. The molecule has 1 amide bonds. The molecule has 0 aromatic carbocycles. The van der Waals surface area contributed by atoms with Crippen LogP contribution in [0.5, 0.6) is 0 Å². The molecule has 18 heavy (non-hydrogen) atoms. The van der Waals surface area contributed by atoms with Gasteiger partial charge in [0, 0.05) is 25.6 Å². The molecule has 2 atom stereocenters. The van der Waals surface area contributed by atoms with Crippen LogP contribution in [0, 0.1) is 11.8 Å². The van der Waals surface area contributed by atoms with Crippen LogP contribution >= 0.6 is 12.4 Å². The first-order valence-electron chi connectivity index (χ1n) is 7.20. The van der Waals surface area contributed by atoms with Crippen molar-refractivity contribution in [2.75, 3.05) is 13.1 Å². The summed E-state index contributed by atoms with van der Waals surface area (Å²) in [6.45, 7) is 3.87. The van der Waals surface area contributed by atoms with E-state index < -0.39 is 0 Å². The second kappa shape index (κ2) is 7.34. The fourth-order valence-corrected chi connectivity index (χ4v) is 3.23. The molecule has 2 fully saturated rings. The fourth-order valence-electron chi connectivity index (χ4n) is 3.23. The van der Waals surface area contributed by atoms with Gasteiger partial charge in [0.2, 0.25) is 5.91 Å². The van der Waals surface area contributed by atoms with Gasteiger partial charge >= 0.3 is 0 Å². The lowest BCUT2D eigenvalue weighted by Crippen LogP contribution is -2.33. The predicted octanol–water partition coefficient (Wildman–Crippen LogP) is 2.57. The van der Waals surface area contributed by atoms with Gasteiger partial charge in [0.25, 0.3) is 0 Å². The maximum Gasteiger partial charge on any atom is 0.222 e. The quantitative estimate of drug-likeness (QED) is 0.856. The summed E-state index contributed by atoms with van der Waals surface area (Å²) < 4.78 is 0. The Morgan fingerprint density at radius 2 is 2.00 bits per heavy atom. The molecular formula is C14H27ClN2O. The number of halogens is 1. The predicted molar refractivity (Wildman–Crippen MR) is 76.8 cm³/mol. The van der Waals surface area contributed by atoms with Crippen molar-refractivity contribution in [3.05, 3.63) is 0 Å². The summed E-state index contributed by atoms with van der Waals surface area (Å²) in [5, 5.41) is 0. The van der Waals surface area contributed by atoms with Gasteiger partial charge in [-0.1, -0.05) is 25.7 Å². The van der Waals surface area contributed by atoms with Gasteiger partial charge in [-0.2, -0.15) is 0 Å². The molecule has 0 aromatic heterocycles. The van der Waals surface area contributed by atoms with Gasteiger partial charge in [-0.15, -0.1) is 12.4 Å². The van der Waals surface area contributed by atoms with Gasteiger partial charge in [-0.3, -0.25) is 4.79 Å². The molecule has 0 spiro atoms. The van der Waals surface area contributed by atoms with Crippen LogP contribution in [0.3, 0.4) is 0 Å². The highest BCUT2D eigenvalue weighted by Gasteiger charge is 2.28. The summed E-state index contributed by atoms with van der Waals surface area (Å²) in [5.41, 5.74) is 5.90. The van der Waals surface area contributed by atoms with Crippen LogP contribution in [0.25, 0.3) is 0 Å². The van der Waals surface area contributed by atoms with E-state index in [1.165, 1.54) is 25.7 Å². The zero-order valence-corrected chi connectivity index (χ0v) is 12.3. The van der Waals surface area contributed by atoms with E-state index in [1.807, 2.05) is 4.90 Å². The average Bonchev–Trinajstić information content (AvgIpc) is 2.96. The van der Waals surface area contributed by atoms with Crippen LogP contribution < -0.4 is 5.73 Å². The fraction of sp³-hybridized carbons (Fsp3) is 0.929. The Balaban J connectivity index is 0.00000162. The van der Waals surface area contributed by atoms with E-state index in [0.717, 1.165) is 38.3 Å². The summed E-state index contributed by atoms with van der Waals surface area (Å²) in [6, 6.07) is 0.225. The Morgan fingerprint density at radius 3 is 2.56 bits per heavy atom. The van der Waals surface area contributed by atoms with Crippen molar-refractivity contribution >= 4 is 18.3 Å². The number of hydrogen-bond donors (Lipinski definition) is 1. The number of rotatable bonds is 4. The van der Waals surface area contributed by atoms with Gasteiger partial charge in [-0.05, 0) is 31.6 Å². The van der Waals surface area contributed by atoms with E-state index in [4.69, 9.17) is 5.73 Å². The molecule has 2 unspecified atom stereocenters. The number of carbonyl (C=O) groups excluding carboxylic acids is 1. The first kappa shape index (κ1) is 15.8. The molecule has 2 aliphatic rings. The van der Waals surface area contributed by atoms with E-state index in [-0.39, 0.29) is 18.4 Å². The Kier molecular flexibility index (Phi) is 6.44. The molecule has 0 aromatic rings. The summed E-state index contributed by atoms with van der Waals surface area (Å²) in [4.78, 5) is 14.1. The summed E-state index contributed by atoms with van der Waals surface area (Å²) in [5.74, 6) is 1.70. The molecule has 1 saturated carbocycles. The highest BCUT2D eigenvalue weighted by molar-refractivity contribution is 5.85. The summed E-state index contributed by atoms with van der Waals surface area (Å²) >= 11 is 0. The van der Waals surface area contributed by atoms with Gasteiger partial charge in [0.15, 0.2) is 0 Å². The van der Waals surface area contributed by atoms with Crippen molar-refractivity contribution < 1.29 is 4.79 Å². The molecule has 106 valence electrons. The van der Waals surface area contributed by atoms with Crippen LogP contribution in [0.4, 0.5) is 0 Å². The SMILES string of the molecule is CC(N)C1CCN(C(=O)CCC2CCCC2)C1.Cl. The number of nitrogens with zero attached hydrogens (tertiary/aromatic N) is 1. The van der Waals surface area contributed by atoms with Crippen molar-refractivity contribution in [1.82, 2.24) is 4.90 Å². The summed E-state index contributed by atoms with van der Waals surface area (Å²) in [7, 11) is 0. The third kappa shape index (κ3) is 4.13. The molecule has 1 saturated heterocycles. The molecule has 2 rings (SSSR count). The largest absolute Gasteiger partial charge is 0.342 e. The van der Waals surface area contributed by atoms with Crippen molar-refractivity contribution in [2.45, 2.75) is 57.9 Å². The number of hydrogen-bond acceptors (Lipinski definition) is 2. The van der Waals surface area contributed by atoms with E-state index in [2.05, 4.69) is 6.92 Å². The van der Waals surface area contributed by atoms with E-state index in [9.17, 15) is 4.79 Å². The minimum absolute atomic E-state index is 0. The lowest BCUT2D eigenvalue weighted by molar-refractivity contribution is -0.130. The molecule has 2 N–H and O–H groups in total. The van der Waals surface area contributed by atoms with E-state index in [1.54, 1.807) is 0 Å². The lowest BCUT2D eigenvalue weighted by atomic mass is 10.0. The number of likely N-dealkylation sites (tertiary alicyclic amines) is 1. The highest BCUT2D eigenvalue weighted by atomic mass is 35.5. The first-order chi connectivity index (χ1) is 8.16. The van der Waals surface area contributed by atoms with E-state index in [0.29, 0.717) is 11.8 Å². The summed E-state index contributed by atoms with van der Waals surface area (Å²) in [6.07, 6.45) is 8.39. The van der Waals surface area contributed by atoms with Crippen LogP contribution in [-0.2, 0) is 4.79 Å². The Labute approximate surface area is 117 Å². The monoisotopic (exact) mass is 274 g/mol. The van der Waals surface area contributed by atoms with Crippen molar-refractivity contribution in [2.24, 2.45) is 17.6 Å². The van der Waals surface area contributed by atoms with Crippen LogP contribution in [0.2, 0.25) is 0 Å². The van der Waals surface area contributed by atoms with Gasteiger partial charge in [0.1, 0.15) is 0 Å². The second-order valence-electron chi connectivity index (χ2n) is 5.94. The number of nitrogens with two attached hydrogens (primary N) is 1. The zero-order chi connectivity index (χ0) is 12.3. The van der Waals surface area contributed by atoms with Gasteiger partial charge in [0.05, 0.1) is 0 Å². The molecule has 0 radical (unpaired) electrons. The number of carbonyl (C=O) groups is 1. The van der Waals surface area contributed by atoms with Crippen molar-refractivity contribution in [3.8, 4) is 0 Å². The standard InChI is InChI=1S/C14H26N2O.ClH/c1-11(15)13-8-9-16(10-13)14(17)7-6-12-4-2-3-5-12;/h11-13H,2-10,15H2,1H3;1H. The van der Waals surface area contributed by atoms with Gasteiger partial charge < -0.3 is 10.6 Å². The molecular weight excluding hydrogens is 248 g/mol.